The number of carbonyl (C=O) groups is 1. The van der Waals surface area contributed by atoms with Crippen molar-refractivity contribution in [1.29, 1.82) is 0 Å². The SMILES string of the molecule is Cc1ccc(C(=O)Nc2nnc(-c3ccccc3)s2)cc1S(=O)(=O)Nc1ccccc1. The zero-order valence-electron chi connectivity index (χ0n) is 16.4. The maximum Gasteiger partial charge on any atom is 0.262 e. The van der Waals surface area contributed by atoms with Crippen molar-refractivity contribution in [3.8, 4) is 10.6 Å². The van der Waals surface area contributed by atoms with E-state index in [0.717, 1.165) is 5.56 Å². The molecule has 31 heavy (non-hydrogen) atoms. The van der Waals surface area contributed by atoms with Gasteiger partial charge in [0.15, 0.2) is 0 Å². The number of sulfonamides is 1. The van der Waals surface area contributed by atoms with Crippen molar-refractivity contribution < 1.29 is 13.2 Å². The molecule has 4 rings (SSSR count). The Kier molecular flexibility index (Phi) is 5.79. The minimum atomic E-state index is -3.86. The molecular weight excluding hydrogens is 432 g/mol. The third-order valence-electron chi connectivity index (χ3n) is 4.43. The molecule has 1 heterocycles. The Balaban J connectivity index is 1.55. The zero-order valence-corrected chi connectivity index (χ0v) is 18.1. The second-order valence-electron chi connectivity index (χ2n) is 6.68. The van der Waals surface area contributed by atoms with Gasteiger partial charge in [0.2, 0.25) is 5.13 Å². The van der Waals surface area contributed by atoms with Gasteiger partial charge >= 0.3 is 0 Å². The second kappa shape index (κ2) is 8.66. The van der Waals surface area contributed by atoms with Gasteiger partial charge in [-0.15, -0.1) is 10.2 Å². The highest BCUT2D eigenvalue weighted by atomic mass is 32.2. The zero-order chi connectivity index (χ0) is 21.8. The number of rotatable bonds is 6. The van der Waals surface area contributed by atoms with E-state index >= 15 is 0 Å². The topological polar surface area (TPSA) is 101 Å². The Morgan fingerprint density at radius 1 is 0.903 bits per heavy atom. The molecule has 2 N–H and O–H groups in total. The second-order valence-corrected chi connectivity index (χ2v) is 9.31. The van der Waals surface area contributed by atoms with Crippen LogP contribution in [-0.2, 0) is 10.0 Å². The molecule has 3 aromatic carbocycles. The van der Waals surface area contributed by atoms with Crippen LogP contribution in [0.5, 0.6) is 0 Å². The lowest BCUT2D eigenvalue weighted by atomic mass is 10.1. The van der Waals surface area contributed by atoms with Crippen LogP contribution in [0.15, 0.2) is 83.8 Å². The number of nitrogens with zero attached hydrogens (tertiary/aromatic N) is 2. The molecule has 0 aliphatic rings. The van der Waals surface area contributed by atoms with Gasteiger partial charge in [-0.25, -0.2) is 8.42 Å². The van der Waals surface area contributed by atoms with E-state index in [9.17, 15) is 13.2 Å². The quantitative estimate of drug-likeness (QED) is 0.448. The summed E-state index contributed by atoms with van der Waals surface area (Å²) in [5, 5.41) is 11.8. The lowest BCUT2D eigenvalue weighted by Gasteiger charge is -2.12. The Bertz CT molecular complexity index is 1320. The summed E-state index contributed by atoms with van der Waals surface area (Å²) in [6.07, 6.45) is 0. The van der Waals surface area contributed by atoms with Gasteiger partial charge in [-0.05, 0) is 36.8 Å². The third-order valence-corrected chi connectivity index (χ3v) is 6.84. The van der Waals surface area contributed by atoms with Crippen molar-refractivity contribution in [2.24, 2.45) is 0 Å². The monoisotopic (exact) mass is 450 g/mol. The van der Waals surface area contributed by atoms with E-state index in [0.29, 0.717) is 21.4 Å². The van der Waals surface area contributed by atoms with E-state index in [-0.39, 0.29) is 10.5 Å². The molecule has 0 radical (unpaired) electrons. The van der Waals surface area contributed by atoms with Crippen LogP contribution in [-0.4, -0.2) is 24.5 Å². The van der Waals surface area contributed by atoms with E-state index < -0.39 is 15.9 Å². The van der Waals surface area contributed by atoms with E-state index in [4.69, 9.17) is 0 Å². The van der Waals surface area contributed by atoms with Gasteiger partial charge in [0.25, 0.3) is 15.9 Å². The minimum Gasteiger partial charge on any atom is -0.296 e. The van der Waals surface area contributed by atoms with Crippen molar-refractivity contribution >= 4 is 38.1 Å². The molecule has 0 aliphatic carbocycles. The first-order chi connectivity index (χ1) is 14.9. The largest absolute Gasteiger partial charge is 0.296 e. The number of amides is 1. The van der Waals surface area contributed by atoms with Crippen LogP contribution in [0.25, 0.3) is 10.6 Å². The number of aryl methyl sites for hydroxylation is 1. The Hall–Kier alpha value is -3.56. The first-order valence-electron chi connectivity index (χ1n) is 9.31. The maximum atomic E-state index is 12.9. The van der Waals surface area contributed by atoms with Gasteiger partial charge in [0.1, 0.15) is 5.01 Å². The molecule has 0 spiro atoms. The lowest BCUT2D eigenvalue weighted by Crippen LogP contribution is -2.17. The van der Waals surface area contributed by atoms with Gasteiger partial charge in [0.05, 0.1) is 4.90 Å². The van der Waals surface area contributed by atoms with E-state index in [1.807, 2.05) is 30.3 Å². The Labute approximate surface area is 183 Å². The first-order valence-corrected chi connectivity index (χ1v) is 11.6. The van der Waals surface area contributed by atoms with E-state index in [1.165, 1.54) is 17.4 Å². The van der Waals surface area contributed by atoms with Crippen LogP contribution in [0, 0.1) is 6.92 Å². The van der Waals surface area contributed by atoms with Crippen LogP contribution >= 0.6 is 11.3 Å². The Morgan fingerprint density at radius 2 is 1.58 bits per heavy atom. The smallest absolute Gasteiger partial charge is 0.262 e. The highest BCUT2D eigenvalue weighted by Gasteiger charge is 2.20. The first kappa shape index (κ1) is 20.7. The van der Waals surface area contributed by atoms with Crippen molar-refractivity contribution in [3.05, 3.63) is 90.0 Å². The fourth-order valence-electron chi connectivity index (χ4n) is 2.89. The normalized spacial score (nSPS) is 11.1. The van der Waals surface area contributed by atoms with E-state index in [1.54, 1.807) is 49.4 Å². The summed E-state index contributed by atoms with van der Waals surface area (Å²) in [5.74, 6) is -0.466. The van der Waals surface area contributed by atoms with E-state index in [2.05, 4.69) is 20.2 Å². The summed E-state index contributed by atoms with van der Waals surface area (Å²) < 4.78 is 28.2. The van der Waals surface area contributed by atoms with Crippen molar-refractivity contribution in [2.75, 3.05) is 10.0 Å². The number of hydrogen-bond donors (Lipinski definition) is 2. The number of para-hydroxylation sites is 1. The number of benzene rings is 3. The standard InChI is InChI=1S/C22H18N4O3S2/c1-15-12-13-17(14-19(15)31(28,29)26-18-10-6-3-7-11-18)20(27)23-22-25-24-21(30-22)16-8-4-2-5-9-16/h2-14,26H,1H3,(H,23,25,27). The highest BCUT2D eigenvalue weighted by Crippen LogP contribution is 2.27. The molecule has 1 amide bonds. The molecule has 0 saturated heterocycles. The van der Waals surface area contributed by atoms with Gasteiger partial charge in [-0.2, -0.15) is 0 Å². The number of hydrogen-bond acceptors (Lipinski definition) is 6. The van der Waals surface area contributed by atoms with Crippen LogP contribution < -0.4 is 10.0 Å². The third kappa shape index (κ3) is 4.79. The van der Waals surface area contributed by atoms with Gasteiger partial charge in [-0.3, -0.25) is 14.8 Å². The molecule has 7 nitrogen and oxygen atoms in total. The molecule has 0 atom stereocenters. The fraction of sp³-hybridized carbons (Fsp3) is 0.0455. The number of aromatic nitrogens is 2. The average molecular weight is 451 g/mol. The molecular formula is C22H18N4O3S2. The molecule has 0 fully saturated rings. The summed E-state index contributed by atoms with van der Waals surface area (Å²) in [6.45, 7) is 1.68. The van der Waals surface area contributed by atoms with Crippen LogP contribution in [0.4, 0.5) is 10.8 Å². The summed E-state index contributed by atoms with van der Waals surface area (Å²) in [7, 11) is -3.86. The summed E-state index contributed by atoms with van der Waals surface area (Å²) in [4.78, 5) is 12.8. The molecule has 156 valence electrons. The van der Waals surface area contributed by atoms with Crippen LogP contribution in [0.1, 0.15) is 15.9 Å². The lowest BCUT2D eigenvalue weighted by molar-refractivity contribution is 0.102. The minimum absolute atomic E-state index is 0.0336. The molecule has 0 aliphatic heterocycles. The van der Waals surface area contributed by atoms with Crippen molar-refractivity contribution in [1.82, 2.24) is 10.2 Å². The molecule has 0 bridgehead atoms. The maximum absolute atomic E-state index is 12.9. The fourth-order valence-corrected chi connectivity index (χ4v) is 4.96. The number of nitrogens with one attached hydrogen (secondary N) is 2. The predicted octanol–water partition coefficient (Wildman–Crippen LogP) is 4.57. The molecule has 0 saturated carbocycles. The van der Waals surface area contributed by atoms with Gasteiger partial charge in [-0.1, -0.05) is 65.9 Å². The molecule has 4 aromatic rings. The van der Waals surface area contributed by atoms with Gasteiger partial charge < -0.3 is 0 Å². The Morgan fingerprint density at radius 3 is 2.29 bits per heavy atom. The van der Waals surface area contributed by atoms with Crippen LogP contribution in [0.2, 0.25) is 0 Å². The summed E-state index contributed by atoms with van der Waals surface area (Å²) >= 11 is 1.24. The summed E-state index contributed by atoms with van der Waals surface area (Å²) in [6, 6.07) is 22.6. The molecule has 0 unspecified atom stereocenters. The molecule has 1 aromatic heterocycles. The highest BCUT2D eigenvalue weighted by molar-refractivity contribution is 7.92. The number of carbonyl (C=O) groups excluding carboxylic acids is 1. The predicted molar refractivity (Wildman–Crippen MR) is 122 cm³/mol. The molecule has 9 heteroatoms. The summed E-state index contributed by atoms with van der Waals surface area (Å²) in [5.41, 5.74) is 2.08. The average Bonchev–Trinajstić information content (AvgIpc) is 3.23. The van der Waals surface area contributed by atoms with Gasteiger partial charge in [0, 0.05) is 16.8 Å². The number of anilines is 2. The van der Waals surface area contributed by atoms with Crippen molar-refractivity contribution in [3.63, 3.8) is 0 Å². The van der Waals surface area contributed by atoms with Crippen LogP contribution in [0.3, 0.4) is 0 Å². The van der Waals surface area contributed by atoms with Crippen molar-refractivity contribution in [2.45, 2.75) is 11.8 Å².